The summed E-state index contributed by atoms with van der Waals surface area (Å²) in [6.07, 6.45) is 0.153. The third kappa shape index (κ3) is 2.91. The fourth-order valence-electron chi connectivity index (χ4n) is 1.98. The maximum absolute atomic E-state index is 11.8. The number of carbonyl (C=O) groups excluding carboxylic acids is 3. The largest absolute Gasteiger partial charge is 0.397 e. The van der Waals surface area contributed by atoms with Crippen LogP contribution in [0.25, 0.3) is 0 Å². The highest BCUT2D eigenvalue weighted by atomic mass is 35.5. The molecule has 3 amide bonds. The van der Waals surface area contributed by atoms with Crippen LogP contribution in [0.1, 0.15) is 13.3 Å². The number of anilines is 2. The zero-order chi connectivity index (χ0) is 14.9. The van der Waals surface area contributed by atoms with Gasteiger partial charge in [0.1, 0.15) is 6.54 Å². The molecule has 1 heterocycles. The van der Waals surface area contributed by atoms with Gasteiger partial charge < -0.3 is 11.1 Å². The number of benzene rings is 1. The minimum absolute atomic E-state index is 0.153. The van der Waals surface area contributed by atoms with Gasteiger partial charge in [-0.3, -0.25) is 19.3 Å². The fourth-order valence-corrected chi connectivity index (χ4v) is 2.10. The van der Waals surface area contributed by atoms with Crippen molar-refractivity contribution in [2.45, 2.75) is 13.3 Å². The number of halogens is 1. The van der Waals surface area contributed by atoms with E-state index < -0.39 is 5.91 Å². The standard InChI is InChI=1S/C13H14ClN3O3/c1-7-4-12(19)17(13(7)20)6-11(18)16-8-2-3-9(14)10(15)5-8/h2-3,5,7H,4,6,15H2,1H3,(H,16,18). The fraction of sp³-hybridized carbons (Fsp3) is 0.308. The molecule has 0 aliphatic carbocycles. The number of likely N-dealkylation sites (tertiary alicyclic amines) is 1. The quantitative estimate of drug-likeness (QED) is 0.648. The van der Waals surface area contributed by atoms with Gasteiger partial charge >= 0.3 is 0 Å². The number of hydrogen-bond acceptors (Lipinski definition) is 4. The maximum atomic E-state index is 11.8. The van der Waals surface area contributed by atoms with Gasteiger partial charge in [0.15, 0.2) is 0 Å². The Kier molecular flexibility index (Phi) is 3.94. The molecular formula is C13H14ClN3O3. The molecule has 1 aromatic carbocycles. The second-order valence-electron chi connectivity index (χ2n) is 4.71. The lowest BCUT2D eigenvalue weighted by Gasteiger charge is -2.14. The van der Waals surface area contributed by atoms with E-state index in [4.69, 9.17) is 17.3 Å². The van der Waals surface area contributed by atoms with Gasteiger partial charge in [0.05, 0.1) is 10.7 Å². The van der Waals surface area contributed by atoms with Gasteiger partial charge in [0.25, 0.3) is 0 Å². The summed E-state index contributed by atoms with van der Waals surface area (Å²) in [4.78, 5) is 36.1. The Morgan fingerprint density at radius 2 is 2.20 bits per heavy atom. The first-order chi connectivity index (χ1) is 9.38. The highest BCUT2D eigenvalue weighted by molar-refractivity contribution is 6.33. The van der Waals surface area contributed by atoms with Crippen molar-refractivity contribution < 1.29 is 14.4 Å². The SMILES string of the molecule is CC1CC(=O)N(CC(=O)Nc2ccc(Cl)c(N)c2)C1=O. The molecule has 1 fully saturated rings. The zero-order valence-electron chi connectivity index (χ0n) is 10.9. The van der Waals surface area contributed by atoms with E-state index in [9.17, 15) is 14.4 Å². The van der Waals surface area contributed by atoms with Gasteiger partial charge in [-0.05, 0) is 18.2 Å². The first-order valence-electron chi connectivity index (χ1n) is 6.07. The molecule has 7 heteroatoms. The number of nitrogen functional groups attached to an aromatic ring is 1. The summed E-state index contributed by atoms with van der Waals surface area (Å²) in [5.74, 6) is -1.46. The number of imide groups is 1. The van der Waals surface area contributed by atoms with Crippen molar-refractivity contribution in [1.82, 2.24) is 4.90 Å². The van der Waals surface area contributed by atoms with Crippen molar-refractivity contribution in [2.24, 2.45) is 5.92 Å². The molecule has 0 aromatic heterocycles. The van der Waals surface area contributed by atoms with Crippen molar-refractivity contribution >= 4 is 40.7 Å². The van der Waals surface area contributed by atoms with Gasteiger partial charge in [0.2, 0.25) is 17.7 Å². The van der Waals surface area contributed by atoms with E-state index in [2.05, 4.69) is 5.32 Å². The third-order valence-corrected chi connectivity index (χ3v) is 3.40. The number of carbonyl (C=O) groups is 3. The first kappa shape index (κ1) is 14.3. The molecule has 106 valence electrons. The van der Waals surface area contributed by atoms with Crippen LogP contribution < -0.4 is 11.1 Å². The molecule has 0 radical (unpaired) electrons. The zero-order valence-corrected chi connectivity index (χ0v) is 11.6. The van der Waals surface area contributed by atoms with Crippen molar-refractivity contribution in [2.75, 3.05) is 17.6 Å². The van der Waals surface area contributed by atoms with Gasteiger partial charge in [-0.15, -0.1) is 0 Å². The van der Waals surface area contributed by atoms with Gasteiger partial charge in [-0.1, -0.05) is 18.5 Å². The Labute approximate surface area is 120 Å². The molecule has 20 heavy (non-hydrogen) atoms. The molecule has 6 nitrogen and oxygen atoms in total. The monoisotopic (exact) mass is 295 g/mol. The molecule has 3 N–H and O–H groups in total. The van der Waals surface area contributed by atoms with Crippen LogP contribution in [-0.4, -0.2) is 29.2 Å². The van der Waals surface area contributed by atoms with Crippen LogP contribution in [0, 0.1) is 5.92 Å². The van der Waals surface area contributed by atoms with E-state index >= 15 is 0 Å². The number of rotatable bonds is 3. The summed E-state index contributed by atoms with van der Waals surface area (Å²) in [7, 11) is 0. The summed E-state index contributed by atoms with van der Waals surface area (Å²) in [5, 5.41) is 2.96. The third-order valence-electron chi connectivity index (χ3n) is 3.05. The molecule has 0 spiro atoms. The summed E-state index contributed by atoms with van der Waals surface area (Å²) in [6.45, 7) is 1.38. The summed E-state index contributed by atoms with van der Waals surface area (Å²) in [5.41, 5.74) is 6.42. The molecule has 0 saturated carbocycles. The van der Waals surface area contributed by atoms with Gasteiger partial charge in [0, 0.05) is 18.0 Å². The molecule has 1 aromatic rings. The predicted octanol–water partition coefficient (Wildman–Crippen LogP) is 1.26. The van der Waals surface area contributed by atoms with Crippen molar-refractivity contribution in [3.8, 4) is 0 Å². The number of amides is 3. The molecular weight excluding hydrogens is 282 g/mol. The van der Waals surface area contributed by atoms with Crippen LogP contribution in [-0.2, 0) is 14.4 Å². The molecule has 1 aliphatic heterocycles. The number of nitrogens with two attached hydrogens (primary N) is 1. The minimum atomic E-state index is -0.456. The van der Waals surface area contributed by atoms with Crippen LogP contribution >= 0.6 is 11.6 Å². The van der Waals surface area contributed by atoms with E-state index in [1.54, 1.807) is 19.1 Å². The lowest BCUT2D eigenvalue weighted by molar-refractivity contribution is -0.142. The summed E-state index contributed by atoms with van der Waals surface area (Å²) >= 11 is 5.77. The first-order valence-corrected chi connectivity index (χ1v) is 6.45. The second-order valence-corrected chi connectivity index (χ2v) is 5.11. The van der Waals surface area contributed by atoms with E-state index in [0.717, 1.165) is 4.90 Å². The Hall–Kier alpha value is -2.08. The average Bonchev–Trinajstić information content (AvgIpc) is 2.61. The second kappa shape index (κ2) is 5.50. The van der Waals surface area contributed by atoms with Crippen molar-refractivity contribution in [1.29, 1.82) is 0 Å². The van der Waals surface area contributed by atoms with Gasteiger partial charge in [-0.25, -0.2) is 0 Å². The predicted molar refractivity (Wildman–Crippen MR) is 75.0 cm³/mol. The molecule has 1 aliphatic rings. The summed E-state index contributed by atoms with van der Waals surface area (Å²) in [6, 6.07) is 4.66. The molecule has 1 unspecified atom stereocenters. The molecule has 1 saturated heterocycles. The van der Waals surface area contributed by atoms with Crippen molar-refractivity contribution in [3.63, 3.8) is 0 Å². The number of nitrogens with one attached hydrogen (secondary N) is 1. The van der Waals surface area contributed by atoms with Gasteiger partial charge in [-0.2, -0.15) is 0 Å². The average molecular weight is 296 g/mol. The van der Waals surface area contributed by atoms with E-state index in [0.29, 0.717) is 16.4 Å². The highest BCUT2D eigenvalue weighted by Gasteiger charge is 2.36. The normalized spacial score (nSPS) is 18.5. The molecule has 2 rings (SSSR count). The lowest BCUT2D eigenvalue weighted by atomic mass is 10.1. The van der Waals surface area contributed by atoms with Crippen LogP contribution in [0.5, 0.6) is 0 Å². The summed E-state index contributed by atoms with van der Waals surface area (Å²) < 4.78 is 0. The smallest absolute Gasteiger partial charge is 0.244 e. The lowest BCUT2D eigenvalue weighted by Crippen LogP contribution is -2.37. The Morgan fingerprint density at radius 1 is 1.50 bits per heavy atom. The number of nitrogens with zero attached hydrogens (tertiary/aromatic N) is 1. The van der Waals surface area contributed by atoms with Crippen LogP contribution in [0.15, 0.2) is 18.2 Å². The molecule has 1 atom stereocenters. The Bertz CT molecular complexity index is 588. The Morgan fingerprint density at radius 3 is 2.75 bits per heavy atom. The van der Waals surface area contributed by atoms with E-state index in [1.165, 1.54) is 6.07 Å². The maximum Gasteiger partial charge on any atom is 0.244 e. The van der Waals surface area contributed by atoms with Crippen LogP contribution in [0.2, 0.25) is 5.02 Å². The van der Waals surface area contributed by atoms with E-state index in [1.807, 2.05) is 0 Å². The van der Waals surface area contributed by atoms with Crippen LogP contribution in [0.4, 0.5) is 11.4 Å². The highest BCUT2D eigenvalue weighted by Crippen LogP contribution is 2.23. The number of hydrogen-bond donors (Lipinski definition) is 2. The van der Waals surface area contributed by atoms with E-state index in [-0.39, 0.29) is 30.7 Å². The van der Waals surface area contributed by atoms with Crippen LogP contribution in [0.3, 0.4) is 0 Å². The van der Waals surface area contributed by atoms with Crippen molar-refractivity contribution in [3.05, 3.63) is 23.2 Å². The minimum Gasteiger partial charge on any atom is -0.397 e. The molecule has 0 bridgehead atoms. The topological polar surface area (TPSA) is 92.5 Å². The Balaban J connectivity index is 2.00.